The van der Waals surface area contributed by atoms with Gasteiger partial charge in [0, 0.05) is 24.9 Å². The van der Waals surface area contributed by atoms with Crippen LogP contribution in [0.3, 0.4) is 0 Å². The predicted molar refractivity (Wildman–Crippen MR) is 80.9 cm³/mol. The minimum Gasteiger partial charge on any atom is -0.394 e. The summed E-state index contributed by atoms with van der Waals surface area (Å²) in [6.45, 7) is 11.6. The molecule has 19 heavy (non-hydrogen) atoms. The Hall–Kier alpha value is -1.06. The van der Waals surface area contributed by atoms with E-state index in [2.05, 4.69) is 43.0 Å². The lowest BCUT2D eigenvalue weighted by Gasteiger charge is -2.29. The second-order valence-electron chi connectivity index (χ2n) is 5.44. The Morgan fingerprint density at radius 1 is 1.00 bits per heavy atom. The first kappa shape index (κ1) is 16.0. The van der Waals surface area contributed by atoms with Crippen molar-refractivity contribution in [3.05, 3.63) is 29.8 Å². The van der Waals surface area contributed by atoms with Crippen molar-refractivity contribution in [2.24, 2.45) is 0 Å². The minimum atomic E-state index is -0.167. The van der Waals surface area contributed by atoms with Crippen molar-refractivity contribution in [3.8, 4) is 0 Å². The SMILES string of the molecule is CC(C)O.CC(C)c1ccc(N2CCOCC2)cc1. The van der Waals surface area contributed by atoms with Gasteiger partial charge in [-0.3, -0.25) is 0 Å². The third-order valence-corrected chi connectivity index (χ3v) is 2.94. The summed E-state index contributed by atoms with van der Waals surface area (Å²) in [5.74, 6) is 0.615. The Morgan fingerprint density at radius 2 is 1.47 bits per heavy atom. The second kappa shape index (κ2) is 8.18. The van der Waals surface area contributed by atoms with E-state index >= 15 is 0 Å². The van der Waals surface area contributed by atoms with Crippen LogP contribution in [0.2, 0.25) is 0 Å². The molecule has 0 aliphatic carbocycles. The molecular weight excluding hydrogens is 238 g/mol. The van der Waals surface area contributed by atoms with Gasteiger partial charge in [-0.2, -0.15) is 0 Å². The van der Waals surface area contributed by atoms with E-state index in [0.29, 0.717) is 5.92 Å². The van der Waals surface area contributed by atoms with Crippen molar-refractivity contribution < 1.29 is 9.84 Å². The average molecular weight is 265 g/mol. The van der Waals surface area contributed by atoms with Gasteiger partial charge in [-0.1, -0.05) is 26.0 Å². The molecule has 0 unspecified atom stereocenters. The molecule has 3 heteroatoms. The molecule has 0 amide bonds. The highest BCUT2D eigenvalue weighted by Crippen LogP contribution is 2.20. The van der Waals surface area contributed by atoms with Crippen molar-refractivity contribution in [3.63, 3.8) is 0 Å². The molecule has 0 radical (unpaired) electrons. The van der Waals surface area contributed by atoms with E-state index in [1.165, 1.54) is 11.3 Å². The maximum Gasteiger partial charge on any atom is 0.0642 e. The van der Waals surface area contributed by atoms with Gasteiger partial charge in [0.2, 0.25) is 0 Å². The molecule has 1 aliphatic rings. The fraction of sp³-hybridized carbons (Fsp3) is 0.625. The molecule has 1 aromatic rings. The molecule has 1 aliphatic heterocycles. The molecule has 1 fully saturated rings. The van der Waals surface area contributed by atoms with Crippen LogP contribution in [0.25, 0.3) is 0 Å². The lowest BCUT2D eigenvalue weighted by Crippen LogP contribution is -2.36. The molecule has 1 N–H and O–H groups in total. The molecule has 1 saturated heterocycles. The average Bonchev–Trinajstić information content (AvgIpc) is 2.39. The zero-order valence-electron chi connectivity index (χ0n) is 12.6. The monoisotopic (exact) mass is 265 g/mol. The van der Waals surface area contributed by atoms with E-state index in [1.807, 2.05) is 0 Å². The Kier molecular flexibility index (Phi) is 6.89. The first-order chi connectivity index (χ1) is 9.00. The maximum atomic E-state index is 8.06. The molecule has 108 valence electrons. The zero-order valence-corrected chi connectivity index (χ0v) is 12.6. The molecule has 1 heterocycles. The molecule has 0 atom stereocenters. The van der Waals surface area contributed by atoms with E-state index in [0.717, 1.165) is 26.3 Å². The van der Waals surface area contributed by atoms with Crippen molar-refractivity contribution in [2.45, 2.75) is 39.7 Å². The van der Waals surface area contributed by atoms with E-state index < -0.39 is 0 Å². The van der Waals surface area contributed by atoms with Gasteiger partial charge in [-0.15, -0.1) is 0 Å². The van der Waals surface area contributed by atoms with Gasteiger partial charge in [0.15, 0.2) is 0 Å². The maximum absolute atomic E-state index is 8.06. The van der Waals surface area contributed by atoms with Crippen LogP contribution in [-0.4, -0.2) is 37.5 Å². The lowest BCUT2D eigenvalue weighted by molar-refractivity contribution is 0.122. The number of morpholine rings is 1. The fourth-order valence-electron chi connectivity index (χ4n) is 1.89. The summed E-state index contributed by atoms with van der Waals surface area (Å²) in [5.41, 5.74) is 2.73. The standard InChI is InChI=1S/C13H19NO.C3H8O/c1-11(2)12-3-5-13(6-4-12)14-7-9-15-10-8-14;1-3(2)4/h3-6,11H,7-10H2,1-2H3;3-4H,1-2H3. The van der Waals surface area contributed by atoms with Crippen molar-refractivity contribution in [1.29, 1.82) is 0 Å². The zero-order chi connectivity index (χ0) is 14.3. The highest BCUT2D eigenvalue weighted by atomic mass is 16.5. The second-order valence-corrected chi connectivity index (χ2v) is 5.44. The predicted octanol–water partition coefficient (Wildman–Crippen LogP) is 3.03. The number of ether oxygens (including phenoxy) is 1. The number of hydrogen-bond acceptors (Lipinski definition) is 3. The molecule has 0 saturated carbocycles. The number of nitrogens with zero attached hydrogens (tertiary/aromatic N) is 1. The van der Waals surface area contributed by atoms with Crippen LogP contribution >= 0.6 is 0 Å². The number of rotatable bonds is 2. The molecule has 2 rings (SSSR count). The fourth-order valence-corrected chi connectivity index (χ4v) is 1.89. The van der Waals surface area contributed by atoms with Crippen molar-refractivity contribution in [2.75, 3.05) is 31.2 Å². The van der Waals surface area contributed by atoms with Crippen molar-refractivity contribution >= 4 is 5.69 Å². The Labute approximate surface area is 117 Å². The Balaban J connectivity index is 0.000000399. The third kappa shape index (κ3) is 6.08. The number of benzene rings is 1. The Bertz CT molecular complexity index is 338. The van der Waals surface area contributed by atoms with E-state index in [9.17, 15) is 0 Å². The minimum absolute atomic E-state index is 0.167. The number of aliphatic hydroxyl groups is 1. The van der Waals surface area contributed by atoms with E-state index in [4.69, 9.17) is 9.84 Å². The van der Waals surface area contributed by atoms with Crippen LogP contribution < -0.4 is 4.90 Å². The van der Waals surface area contributed by atoms with Crippen LogP contribution in [0, 0.1) is 0 Å². The Morgan fingerprint density at radius 3 is 1.89 bits per heavy atom. The number of anilines is 1. The van der Waals surface area contributed by atoms with Crippen LogP contribution in [-0.2, 0) is 4.74 Å². The molecule has 1 aromatic carbocycles. The van der Waals surface area contributed by atoms with Crippen LogP contribution in [0.1, 0.15) is 39.2 Å². The summed E-state index contributed by atoms with van der Waals surface area (Å²) in [5, 5.41) is 8.06. The topological polar surface area (TPSA) is 32.7 Å². The molecule has 0 aromatic heterocycles. The van der Waals surface area contributed by atoms with E-state index in [1.54, 1.807) is 13.8 Å². The smallest absolute Gasteiger partial charge is 0.0642 e. The van der Waals surface area contributed by atoms with Crippen LogP contribution in [0.15, 0.2) is 24.3 Å². The van der Waals surface area contributed by atoms with Gasteiger partial charge in [0.1, 0.15) is 0 Å². The third-order valence-electron chi connectivity index (χ3n) is 2.94. The van der Waals surface area contributed by atoms with Gasteiger partial charge >= 0.3 is 0 Å². The van der Waals surface area contributed by atoms with E-state index in [-0.39, 0.29) is 6.10 Å². The van der Waals surface area contributed by atoms with Crippen molar-refractivity contribution in [1.82, 2.24) is 0 Å². The summed E-state index contributed by atoms with van der Waals surface area (Å²) in [6.07, 6.45) is -0.167. The number of hydrogen-bond donors (Lipinski definition) is 1. The van der Waals surface area contributed by atoms with Gasteiger partial charge in [0.25, 0.3) is 0 Å². The van der Waals surface area contributed by atoms with Gasteiger partial charge < -0.3 is 14.7 Å². The number of aliphatic hydroxyl groups excluding tert-OH is 1. The highest BCUT2D eigenvalue weighted by molar-refractivity contribution is 5.48. The first-order valence-corrected chi connectivity index (χ1v) is 7.11. The summed E-state index contributed by atoms with van der Waals surface area (Å²) in [4.78, 5) is 2.38. The highest BCUT2D eigenvalue weighted by Gasteiger charge is 2.10. The quantitative estimate of drug-likeness (QED) is 0.892. The van der Waals surface area contributed by atoms with Crippen LogP contribution in [0.5, 0.6) is 0 Å². The normalized spacial score (nSPS) is 15.4. The molecular formula is C16H27NO2. The summed E-state index contributed by atoms with van der Waals surface area (Å²) in [6, 6.07) is 8.91. The molecule has 3 nitrogen and oxygen atoms in total. The lowest BCUT2D eigenvalue weighted by atomic mass is 10.0. The van der Waals surface area contributed by atoms with Gasteiger partial charge in [-0.05, 0) is 37.5 Å². The molecule has 0 spiro atoms. The largest absolute Gasteiger partial charge is 0.394 e. The van der Waals surface area contributed by atoms with Gasteiger partial charge in [0.05, 0.1) is 13.2 Å². The first-order valence-electron chi connectivity index (χ1n) is 7.11. The summed E-state index contributed by atoms with van der Waals surface area (Å²) in [7, 11) is 0. The van der Waals surface area contributed by atoms with Crippen LogP contribution in [0.4, 0.5) is 5.69 Å². The summed E-state index contributed by atoms with van der Waals surface area (Å²) < 4.78 is 5.34. The summed E-state index contributed by atoms with van der Waals surface area (Å²) >= 11 is 0. The molecule has 0 bridgehead atoms. The van der Waals surface area contributed by atoms with Gasteiger partial charge in [-0.25, -0.2) is 0 Å².